The van der Waals surface area contributed by atoms with Gasteiger partial charge in [-0.3, -0.25) is 19.4 Å². The van der Waals surface area contributed by atoms with Gasteiger partial charge in [0, 0.05) is 38.1 Å². The van der Waals surface area contributed by atoms with Gasteiger partial charge in [0.1, 0.15) is 12.4 Å². The highest BCUT2D eigenvalue weighted by Gasteiger charge is 2.10. The summed E-state index contributed by atoms with van der Waals surface area (Å²) in [6.45, 7) is -0.149. The van der Waals surface area contributed by atoms with Gasteiger partial charge in [0.05, 0.1) is 5.69 Å². The van der Waals surface area contributed by atoms with E-state index in [0.717, 1.165) is 0 Å². The van der Waals surface area contributed by atoms with E-state index in [-0.39, 0.29) is 31.0 Å². The molecule has 0 aromatic heterocycles. The van der Waals surface area contributed by atoms with Crippen molar-refractivity contribution in [3.05, 3.63) is 59.7 Å². The summed E-state index contributed by atoms with van der Waals surface area (Å²) >= 11 is 0. The number of amides is 1. The number of nitrogens with two attached hydrogens (primary N) is 1. The summed E-state index contributed by atoms with van der Waals surface area (Å²) in [5, 5.41) is 9.50. The molecule has 1 amide bonds. The topological polar surface area (TPSA) is 114 Å². The standard InChI is InChI=1S/C20H22N4O4/c1-24(2)23-22-16-7-3-14(4-8-16)20(27)15-5-10-18(11-6-15)28-13-17(25)9-12-19(21)26/h3-8,10-11H,9,12-13H2,1-2H3,(H2,21,26). The fourth-order valence-corrected chi connectivity index (χ4v) is 2.19. The maximum absolute atomic E-state index is 12.5. The van der Waals surface area contributed by atoms with Crippen LogP contribution in [0.5, 0.6) is 5.75 Å². The molecular weight excluding hydrogens is 360 g/mol. The van der Waals surface area contributed by atoms with E-state index in [1.54, 1.807) is 67.6 Å². The van der Waals surface area contributed by atoms with Crippen LogP contribution in [0.4, 0.5) is 5.69 Å². The summed E-state index contributed by atoms with van der Waals surface area (Å²) in [5.41, 5.74) is 6.67. The zero-order chi connectivity index (χ0) is 20.5. The molecule has 0 saturated heterocycles. The average molecular weight is 382 g/mol. The Bertz CT molecular complexity index is 859. The summed E-state index contributed by atoms with van der Waals surface area (Å²) in [7, 11) is 3.54. The van der Waals surface area contributed by atoms with Crippen molar-refractivity contribution in [3.8, 4) is 5.75 Å². The number of benzene rings is 2. The van der Waals surface area contributed by atoms with Crippen molar-refractivity contribution in [1.82, 2.24) is 5.01 Å². The number of hydrogen-bond acceptors (Lipinski definition) is 6. The van der Waals surface area contributed by atoms with Crippen LogP contribution in [0.2, 0.25) is 0 Å². The third-order valence-corrected chi connectivity index (χ3v) is 3.64. The number of ether oxygens (including phenoxy) is 1. The van der Waals surface area contributed by atoms with Gasteiger partial charge in [-0.15, -0.1) is 5.11 Å². The minimum atomic E-state index is -0.523. The summed E-state index contributed by atoms with van der Waals surface area (Å²) < 4.78 is 5.36. The van der Waals surface area contributed by atoms with Gasteiger partial charge in [-0.1, -0.05) is 5.22 Å². The number of ketones is 2. The Labute approximate surface area is 163 Å². The molecule has 0 heterocycles. The molecule has 8 nitrogen and oxygen atoms in total. The maximum Gasteiger partial charge on any atom is 0.217 e. The van der Waals surface area contributed by atoms with E-state index < -0.39 is 5.91 Å². The van der Waals surface area contributed by atoms with Crippen LogP contribution in [0.3, 0.4) is 0 Å². The van der Waals surface area contributed by atoms with E-state index in [0.29, 0.717) is 22.6 Å². The van der Waals surface area contributed by atoms with Gasteiger partial charge in [-0.2, -0.15) is 0 Å². The van der Waals surface area contributed by atoms with Crippen molar-refractivity contribution in [2.45, 2.75) is 12.8 Å². The molecule has 0 saturated carbocycles. The van der Waals surface area contributed by atoms with E-state index in [1.807, 2.05) is 0 Å². The average Bonchev–Trinajstić information content (AvgIpc) is 2.69. The number of nitrogens with zero attached hydrogens (tertiary/aromatic N) is 3. The Morgan fingerprint density at radius 1 is 0.929 bits per heavy atom. The Morgan fingerprint density at radius 3 is 2.04 bits per heavy atom. The van der Waals surface area contributed by atoms with Gasteiger partial charge in [0.15, 0.2) is 11.6 Å². The third kappa shape index (κ3) is 6.64. The number of Topliss-reactive ketones (excluding diaryl/α,β-unsaturated/α-hetero) is 1. The number of hydrogen-bond donors (Lipinski definition) is 1. The van der Waals surface area contributed by atoms with Gasteiger partial charge in [-0.05, 0) is 48.5 Å². The lowest BCUT2D eigenvalue weighted by Gasteiger charge is -2.07. The van der Waals surface area contributed by atoms with Crippen LogP contribution in [0, 0.1) is 0 Å². The van der Waals surface area contributed by atoms with E-state index >= 15 is 0 Å². The van der Waals surface area contributed by atoms with Crippen LogP contribution in [-0.4, -0.2) is 43.2 Å². The molecule has 146 valence electrons. The molecule has 0 bridgehead atoms. The summed E-state index contributed by atoms with van der Waals surface area (Å²) in [4.78, 5) is 34.8. The number of primary amides is 1. The van der Waals surface area contributed by atoms with Gasteiger partial charge >= 0.3 is 0 Å². The molecule has 0 aliphatic rings. The largest absolute Gasteiger partial charge is 0.486 e. The second kappa shape index (κ2) is 9.96. The van der Waals surface area contributed by atoms with Crippen molar-refractivity contribution in [3.63, 3.8) is 0 Å². The van der Waals surface area contributed by atoms with Crippen molar-refractivity contribution in [1.29, 1.82) is 0 Å². The van der Waals surface area contributed by atoms with E-state index in [1.165, 1.54) is 0 Å². The van der Waals surface area contributed by atoms with Crippen LogP contribution in [0.25, 0.3) is 0 Å². The second-order valence-electron chi connectivity index (χ2n) is 6.23. The molecule has 0 fully saturated rings. The normalized spacial score (nSPS) is 10.6. The van der Waals surface area contributed by atoms with Crippen LogP contribution < -0.4 is 10.5 Å². The Hall–Kier alpha value is -3.55. The predicted molar refractivity (Wildman–Crippen MR) is 103 cm³/mol. The quantitative estimate of drug-likeness (QED) is 0.385. The van der Waals surface area contributed by atoms with Crippen molar-refractivity contribution < 1.29 is 19.1 Å². The molecule has 0 aliphatic carbocycles. The van der Waals surface area contributed by atoms with E-state index in [4.69, 9.17) is 10.5 Å². The minimum absolute atomic E-state index is 0.00490. The van der Waals surface area contributed by atoms with Crippen molar-refractivity contribution in [2.24, 2.45) is 16.1 Å². The van der Waals surface area contributed by atoms with E-state index in [9.17, 15) is 14.4 Å². The fraction of sp³-hybridized carbons (Fsp3) is 0.250. The summed E-state index contributed by atoms with van der Waals surface area (Å²) in [6, 6.07) is 13.3. The number of carbonyl (C=O) groups excluding carboxylic acids is 3. The lowest BCUT2D eigenvalue weighted by Crippen LogP contribution is -2.16. The first-order valence-corrected chi connectivity index (χ1v) is 8.62. The molecule has 2 aromatic carbocycles. The number of rotatable bonds is 10. The van der Waals surface area contributed by atoms with Crippen LogP contribution in [-0.2, 0) is 9.59 Å². The number of carbonyl (C=O) groups is 3. The zero-order valence-corrected chi connectivity index (χ0v) is 15.8. The molecule has 0 spiro atoms. The van der Waals surface area contributed by atoms with E-state index in [2.05, 4.69) is 10.3 Å². The zero-order valence-electron chi connectivity index (χ0n) is 15.8. The highest BCUT2D eigenvalue weighted by Crippen LogP contribution is 2.18. The predicted octanol–water partition coefficient (Wildman–Crippen LogP) is 2.69. The molecular formula is C20H22N4O4. The Balaban J connectivity index is 1.94. The van der Waals surface area contributed by atoms with Crippen LogP contribution in [0.1, 0.15) is 28.8 Å². The highest BCUT2D eigenvalue weighted by molar-refractivity contribution is 6.09. The molecule has 28 heavy (non-hydrogen) atoms. The molecule has 0 radical (unpaired) electrons. The monoisotopic (exact) mass is 382 g/mol. The van der Waals surface area contributed by atoms with Gasteiger partial charge < -0.3 is 10.5 Å². The van der Waals surface area contributed by atoms with Gasteiger partial charge in [-0.25, -0.2) is 0 Å². The molecule has 8 heteroatoms. The fourth-order valence-electron chi connectivity index (χ4n) is 2.19. The third-order valence-electron chi connectivity index (χ3n) is 3.64. The molecule has 2 aromatic rings. The van der Waals surface area contributed by atoms with Crippen molar-refractivity contribution >= 4 is 23.2 Å². The van der Waals surface area contributed by atoms with Crippen LogP contribution >= 0.6 is 0 Å². The van der Waals surface area contributed by atoms with Gasteiger partial charge in [0.2, 0.25) is 5.91 Å². The molecule has 0 unspecified atom stereocenters. The first-order valence-electron chi connectivity index (χ1n) is 8.62. The van der Waals surface area contributed by atoms with Crippen LogP contribution in [0.15, 0.2) is 58.9 Å². The summed E-state index contributed by atoms with van der Waals surface area (Å²) in [6.07, 6.45) is 0.0565. The van der Waals surface area contributed by atoms with Gasteiger partial charge in [0.25, 0.3) is 0 Å². The Morgan fingerprint density at radius 2 is 1.50 bits per heavy atom. The highest BCUT2D eigenvalue weighted by atomic mass is 16.5. The first kappa shape index (κ1) is 20.8. The SMILES string of the molecule is CN(C)N=Nc1ccc(C(=O)c2ccc(OCC(=O)CCC(N)=O)cc2)cc1. The Kier molecular flexibility index (Phi) is 7.38. The minimum Gasteiger partial charge on any atom is -0.486 e. The first-order chi connectivity index (χ1) is 13.3. The molecule has 0 atom stereocenters. The lowest BCUT2D eigenvalue weighted by molar-refractivity contribution is -0.124. The van der Waals surface area contributed by atoms with Crippen molar-refractivity contribution in [2.75, 3.05) is 20.7 Å². The molecule has 2 N–H and O–H groups in total. The smallest absolute Gasteiger partial charge is 0.217 e. The second-order valence-corrected chi connectivity index (χ2v) is 6.23. The lowest BCUT2D eigenvalue weighted by atomic mass is 10.0. The maximum atomic E-state index is 12.5. The molecule has 2 rings (SSSR count). The molecule has 0 aliphatic heterocycles. The summed E-state index contributed by atoms with van der Waals surface area (Å²) in [5.74, 6) is -0.418.